The summed E-state index contributed by atoms with van der Waals surface area (Å²) < 4.78 is 24.6. The van der Waals surface area contributed by atoms with Crippen LogP contribution in [-0.2, 0) is 4.74 Å². The normalized spacial score (nSPS) is 24.2. The molecule has 0 bridgehead atoms. The van der Waals surface area contributed by atoms with Crippen LogP contribution in [0, 0.1) is 11.7 Å². The zero-order valence-corrected chi connectivity index (χ0v) is 12.4. The van der Waals surface area contributed by atoms with E-state index in [0.29, 0.717) is 12.2 Å². The Morgan fingerprint density at radius 1 is 1.38 bits per heavy atom. The van der Waals surface area contributed by atoms with E-state index in [-0.39, 0.29) is 23.1 Å². The van der Waals surface area contributed by atoms with E-state index >= 15 is 0 Å². The van der Waals surface area contributed by atoms with Crippen LogP contribution in [0.15, 0.2) is 18.2 Å². The molecule has 4 heteroatoms. The van der Waals surface area contributed by atoms with Gasteiger partial charge in [-0.15, -0.1) is 0 Å². The van der Waals surface area contributed by atoms with Gasteiger partial charge in [0.15, 0.2) is 17.3 Å². The van der Waals surface area contributed by atoms with E-state index < -0.39 is 5.82 Å². The Labute approximate surface area is 124 Å². The van der Waals surface area contributed by atoms with Gasteiger partial charge in [-0.05, 0) is 43.9 Å². The Bertz CT molecular complexity index is 535. The minimum atomic E-state index is -0.481. The molecule has 2 fully saturated rings. The maximum Gasteiger partial charge on any atom is 0.166 e. The molecule has 3 nitrogen and oxygen atoms in total. The van der Waals surface area contributed by atoms with E-state index in [0.717, 1.165) is 25.7 Å². The molecule has 1 heterocycles. The molecule has 0 aromatic heterocycles. The first kappa shape index (κ1) is 14.5. The number of ether oxygens (including phenoxy) is 2. The molecule has 1 saturated heterocycles. The second-order valence-corrected chi connectivity index (χ2v) is 6.14. The minimum Gasteiger partial charge on any atom is -0.494 e. The van der Waals surface area contributed by atoms with Crippen LogP contribution in [0.5, 0.6) is 5.75 Å². The summed E-state index contributed by atoms with van der Waals surface area (Å²) >= 11 is 0. The molecular formula is C17H21FO3. The maximum absolute atomic E-state index is 13.8. The van der Waals surface area contributed by atoms with Crippen LogP contribution in [0.2, 0.25) is 0 Å². The van der Waals surface area contributed by atoms with Gasteiger partial charge >= 0.3 is 0 Å². The zero-order valence-electron chi connectivity index (χ0n) is 12.4. The van der Waals surface area contributed by atoms with Gasteiger partial charge in [0, 0.05) is 18.1 Å². The molecule has 0 radical (unpaired) electrons. The number of halogens is 1. The fourth-order valence-corrected chi connectivity index (χ4v) is 3.67. The summed E-state index contributed by atoms with van der Waals surface area (Å²) in [4.78, 5) is 12.6. The van der Waals surface area contributed by atoms with E-state index in [1.807, 2.05) is 0 Å². The predicted molar refractivity (Wildman–Crippen MR) is 77.2 cm³/mol. The van der Waals surface area contributed by atoms with E-state index in [1.165, 1.54) is 32.1 Å². The number of carbonyl (C=O) groups is 1. The Hall–Kier alpha value is -1.42. The maximum atomic E-state index is 13.8. The van der Waals surface area contributed by atoms with Crippen LogP contribution in [0.25, 0.3) is 0 Å². The van der Waals surface area contributed by atoms with Crippen molar-refractivity contribution in [3.63, 3.8) is 0 Å². The van der Waals surface area contributed by atoms with Crippen LogP contribution < -0.4 is 4.74 Å². The molecule has 1 spiro atoms. The lowest BCUT2D eigenvalue weighted by atomic mass is 9.80. The highest BCUT2D eigenvalue weighted by atomic mass is 19.1. The predicted octanol–water partition coefficient (Wildman–Crippen LogP) is 3.76. The number of carbonyl (C=O) groups excluding carboxylic acids is 1. The number of hydrogen-bond donors (Lipinski definition) is 0. The average molecular weight is 292 g/mol. The van der Waals surface area contributed by atoms with Gasteiger partial charge in [0.05, 0.1) is 12.7 Å². The monoisotopic (exact) mass is 292 g/mol. The van der Waals surface area contributed by atoms with E-state index in [1.54, 1.807) is 6.07 Å². The van der Waals surface area contributed by atoms with Gasteiger partial charge in [0.25, 0.3) is 0 Å². The quantitative estimate of drug-likeness (QED) is 0.796. The molecule has 1 unspecified atom stereocenters. The number of ketones is 1. The number of rotatable bonds is 3. The lowest BCUT2D eigenvalue weighted by molar-refractivity contribution is -0.0866. The summed E-state index contributed by atoms with van der Waals surface area (Å²) in [5.74, 6) is -0.326. The molecule has 3 rings (SSSR count). The lowest BCUT2D eigenvalue weighted by Crippen LogP contribution is -2.39. The minimum absolute atomic E-state index is 0.0335. The molecule has 1 aromatic carbocycles. The van der Waals surface area contributed by atoms with Crippen molar-refractivity contribution < 1.29 is 18.7 Å². The van der Waals surface area contributed by atoms with Gasteiger partial charge in [0.2, 0.25) is 0 Å². The van der Waals surface area contributed by atoms with Crippen molar-refractivity contribution in [1.82, 2.24) is 0 Å². The summed E-state index contributed by atoms with van der Waals surface area (Å²) in [6.45, 7) is 0.634. The van der Waals surface area contributed by atoms with Crippen molar-refractivity contribution in [3.05, 3.63) is 29.6 Å². The third kappa shape index (κ3) is 2.82. The average Bonchev–Trinajstić information content (AvgIpc) is 2.94. The van der Waals surface area contributed by atoms with Gasteiger partial charge < -0.3 is 9.47 Å². The molecular weight excluding hydrogens is 271 g/mol. The third-order valence-corrected chi connectivity index (χ3v) is 4.81. The highest BCUT2D eigenvalue weighted by Crippen LogP contribution is 2.42. The molecule has 1 saturated carbocycles. The van der Waals surface area contributed by atoms with E-state index in [4.69, 9.17) is 9.47 Å². The van der Waals surface area contributed by atoms with Crippen LogP contribution in [0.1, 0.15) is 48.9 Å². The summed E-state index contributed by atoms with van der Waals surface area (Å²) in [6.07, 6.45) is 5.96. The Kier molecular flexibility index (Phi) is 3.98. The fraction of sp³-hybridized carbons (Fsp3) is 0.588. The highest BCUT2D eigenvalue weighted by molar-refractivity contribution is 5.98. The molecule has 1 aliphatic carbocycles. The number of hydrogen-bond acceptors (Lipinski definition) is 3. The molecule has 0 N–H and O–H groups in total. The van der Waals surface area contributed by atoms with E-state index in [9.17, 15) is 9.18 Å². The second kappa shape index (κ2) is 5.76. The van der Waals surface area contributed by atoms with Crippen molar-refractivity contribution in [2.24, 2.45) is 5.92 Å². The standard InChI is InChI=1S/C17H21FO3/c1-20-15-5-4-12(10-14(15)18)16(19)13-6-9-21-17(11-13)7-2-3-8-17/h4-5,10,13H,2-3,6-9,11H2,1H3. The van der Waals surface area contributed by atoms with Crippen molar-refractivity contribution in [1.29, 1.82) is 0 Å². The number of benzene rings is 1. The van der Waals surface area contributed by atoms with Gasteiger partial charge in [0.1, 0.15) is 0 Å². The third-order valence-electron chi connectivity index (χ3n) is 4.81. The Balaban J connectivity index is 1.76. The smallest absolute Gasteiger partial charge is 0.166 e. The number of methoxy groups -OCH3 is 1. The largest absolute Gasteiger partial charge is 0.494 e. The van der Waals surface area contributed by atoms with Crippen molar-refractivity contribution >= 4 is 5.78 Å². The number of Topliss-reactive ketones (excluding diaryl/α,β-unsaturated/α-hetero) is 1. The molecule has 114 valence electrons. The fourth-order valence-electron chi connectivity index (χ4n) is 3.67. The zero-order chi connectivity index (χ0) is 14.9. The van der Waals surface area contributed by atoms with Gasteiger partial charge in [-0.2, -0.15) is 0 Å². The second-order valence-electron chi connectivity index (χ2n) is 6.14. The molecule has 1 aromatic rings. The SMILES string of the molecule is COc1ccc(C(=O)C2CCOC3(CCCC3)C2)cc1F. The van der Waals surface area contributed by atoms with Crippen LogP contribution >= 0.6 is 0 Å². The summed E-state index contributed by atoms with van der Waals surface area (Å²) in [6, 6.07) is 4.46. The van der Waals surface area contributed by atoms with Gasteiger partial charge in [-0.1, -0.05) is 12.8 Å². The molecule has 21 heavy (non-hydrogen) atoms. The van der Waals surface area contributed by atoms with E-state index in [2.05, 4.69) is 0 Å². The van der Waals surface area contributed by atoms with Gasteiger partial charge in [-0.25, -0.2) is 4.39 Å². The van der Waals surface area contributed by atoms with Crippen molar-refractivity contribution in [3.8, 4) is 5.75 Å². The molecule has 1 atom stereocenters. The van der Waals surface area contributed by atoms with Crippen LogP contribution in [0.3, 0.4) is 0 Å². The van der Waals surface area contributed by atoms with Crippen molar-refractivity contribution in [2.45, 2.75) is 44.1 Å². The molecule has 2 aliphatic rings. The highest BCUT2D eigenvalue weighted by Gasteiger charge is 2.42. The first-order chi connectivity index (χ1) is 10.1. The summed E-state index contributed by atoms with van der Waals surface area (Å²) in [7, 11) is 1.42. The Morgan fingerprint density at radius 3 is 2.81 bits per heavy atom. The molecule has 0 amide bonds. The summed E-state index contributed by atoms with van der Waals surface area (Å²) in [5, 5.41) is 0. The van der Waals surface area contributed by atoms with Crippen molar-refractivity contribution in [2.75, 3.05) is 13.7 Å². The Morgan fingerprint density at radius 2 is 2.14 bits per heavy atom. The first-order valence-electron chi connectivity index (χ1n) is 7.65. The first-order valence-corrected chi connectivity index (χ1v) is 7.65. The molecule has 1 aliphatic heterocycles. The van der Waals surface area contributed by atoms with Crippen LogP contribution in [0.4, 0.5) is 4.39 Å². The lowest BCUT2D eigenvalue weighted by Gasteiger charge is -2.37. The van der Waals surface area contributed by atoms with Gasteiger partial charge in [-0.3, -0.25) is 4.79 Å². The van der Waals surface area contributed by atoms with Crippen LogP contribution in [-0.4, -0.2) is 25.1 Å². The summed E-state index contributed by atoms with van der Waals surface area (Å²) in [5.41, 5.74) is 0.345. The topological polar surface area (TPSA) is 35.5 Å².